The van der Waals surface area contributed by atoms with Crippen LogP contribution in [0.3, 0.4) is 0 Å². The van der Waals surface area contributed by atoms with Gasteiger partial charge in [0.1, 0.15) is 6.04 Å². The fraction of sp³-hybridized carbons (Fsp3) is 0.429. The zero-order chi connectivity index (χ0) is 14.7. The largest absolute Gasteiger partial charge is 0.341 e. The van der Waals surface area contributed by atoms with Crippen LogP contribution in [0, 0.1) is 0 Å². The van der Waals surface area contributed by atoms with Crippen molar-refractivity contribution in [1.82, 2.24) is 10.2 Å². The molecule has 1 atom stereocenters. The molecular weight excluding hydrogens is 344 g/mol. The summed E-state index contributed by atoms with van der Waals surface area (Å²) in [6.45, 7) is 3.27. The topological polar surface area (TPSA) is 49.4 Å². The maximum absolute atomic E-state index is 12.1. The molecule has 1 unspecified atom stereocenters. The smallest absolute Gasteiger partial charge is 0.251 e. The fourth-order valence-electron chi connectivity index (χ4n) is 2.19. The SMILES string of the molecule is CC(NC(=O)c1ccc(Br)c(Cl)c1)C(=O)N1CCCC1. The van der Waals surface area contributed by atoms with Gasteiger partial charge in [0.05, 0.1) is 5.02 Å². The third kappa shape index (κ3) is 3.52. The zero-order valence-corrected chi connectivity index (χ0v) is 13.5. The third-order valence-electron chi connectivity index (χ3n) is 3.32. The van der Waals surface area contributed by atoms with Crippen molar-refractivity contribution in [2.24, 2.45) is 0 Å². The number of nitrogens with one attached hydrogen (secondary N) is 1. The van der Waals surface area contributed by atoms with Crippen LogP contribution in [0.2, 0.25) is 5.02 Å². The van der Waals surface area contributed by atoms with E-state index in [0.29, 0.717) is 10.6 Å². The molecule has 1 heterocycles. The number of rotatable bonds is 3. The lowest BCUT2D eigenvalue weighted by Gasteiger charge is -2.21. The Bertz CT molecular complexity index is 530. The Balaban J connectivity index is 1.99. The van der Waals surface area contributed by atoms with E-state index in [-0.39, 0.29) is 11.8 Å². The first kappa shape index (κ1) is 15.3. The Labute approximate surface area is 131 Å². The number of likely N-dealkylation sites (tertiary alicyclic amines) is 1. The molecule has 20 heavy (non-hydrogen) atoms. The average Bonchev–Trinajstić information content (AvgIpc) is 2.94. The summed E-state index contributed by atoms with van der Waals surface area (Å²) in [4.78, 5) is 26.0. The lowest BCUT2D eigenvalue weighted by molar-refractivity contribution is -0.131. The minimum atomic E-state index is -0.525. The van der Waals surface area contributed by atoms with E-state index in [2.05, 4.69) is 21.2 Å². The molecule has 1 aliphatic rings. The summed E-state index contributed by atoms with van der Waals surface area (Å²) in [5.41, 5.74) is 0.444. The lowest BCUT2D eigenvalue weighted by atomic mass is 10.2. The lowest BCUT2D eigenvalue weighted by Crippen LogP contribution is -2.45. The number of amides is 2. The number of nitrogens with zero attached hydrogens (tertiary/aromatic N) is 1. The molecule has 6 heteroatoms. The van der Waals surface area contributed by atoms with E-state index < -0.39 is 6.04 Å². The van der Waals surface area contributed by atoms with Gasteiger partial charge in [0, 0.05) is 23.1 Å². The van der Waals surface area contributed by atoms with E-state index in [0.717, 1.165) is 30.4 Å². The van der Waals surface area contributed by atoms with Crippen molar-refractivity contribution in [2.45, 2.75) is 25.8 Å². The van der Waals surface area contributed by atoms with Crippen LogP contribution in [0.4, 0.5) is 0 Å². The van der Waals surface area contributed by atoms with Gasteiger partial charge in [-0.15, -0.1) is 0 Å². The van der Waals surface area contributed by atoms with Crippen LogP contribution < -0.4 is 5.32 Å². The van der Waals surface area contributed by atoms with Crippen LogP contribution in [0.1, 0.15) is 30.1 Å². The van der Waals surface area contributed by atoms with Crippen LogP contribution in [0.15, 0.2) is 22.7 Å². The van der Waals surface area contributed by atoms with Crippen LogP contribution in [-0.4, -0.2) is 35.8 Å². The summed E-state index contributed by atoms with van der Waals surface area (Å²) in [6, 6.07) is 4.43. The summed E-state index contributed by atoms with van der Waals surface area (Å²) in [5.74, 6) is -0.321. The minimum Gasteiger partial charge on any atom is -0.341 e. The van der Waals surface area contributed by atoms with Crippen LogP contribution in [-0.2, 0) is 4.79 Å². The summed E-state index contributed by atoms with van der Waals surface area (Å²) in [5, 5.41) is 3.18. The highest BCUT2D eigenvalue weighted by atomic mass is 79.9. The molecule has 1 aliphatic heterocycles. The number of hydrogen-bond donors (Lipinski definition) is 1. The van der Waals surface area contributed by atoms with E-state index in [9.17, 15) is 9.59 Å². The molecule has 0 bridgehead atoms. The molecule has 1 fully saturated rings. The Morgan fingerprint density at radius 2 is 2.00 bits per heavy atom. The van der Waals surface area contributed by atoms with Gasteiger partial charge in [0.2, 0.25) is 5.91 Å². The van der Waals surface area contributed by atoms with Crippen LogP contribution in [0.25, 0.3) is 0 Å². The second-order valence-corrected chi connectivity index (χ2v) is 6.12. The second kappa shape index (κ2) is 6.59. The summed E-state index contributed by atoms with van der Waals surface area (Å²) < 4.78 is 0.733. The van der Waals surface area contributed by atoms with E-state index in [1.54, 1.807) is 30.0 Å². The highest BCUT2D eigenvalue weighted by Crippen LogP contribution is 2.23. The highest BCUT2D eigenvalue weighted by Gasteiger charge is 2.24. The molecule has 0 spiro atoms. The first-order valence-electron chi connectivity index (χ1n) is 6.54. The Morgan fingerprint density at radius 1 is 1.35 bits per heavy atom. The van der Waals surface area contributed by atoms with E-state index in [1.807, 2.05) is 0 Å². The second-order valence-electron chi connectivity index (χ2n) is 4.86. The van der Waals surface area contributed by atoms with E-state index in [1.165, 1.54) is 0 Å². The number of carbonyl (C=O) groups excluding carboxylic acids is 2. The van der Waals surface area contributed by atoms with Gasteiger partial charge in [0.25, 0.3) is 5.91 Å². The normalized spacial score (nSPS) is 16.1. The van der Waals surface area contributed by atoms with E-state index >= 15 is 0 Å². The molecule has 1 aromatic rings. The van der Waals surface area contributed by atoms with Crippen molar-refractivity contribution in [3.05, 3.63) is 33.3 Å². The Kier molecular flexibility index (Phi) is 5.05. The molecule has 2 rings (SSSR count). The summed E-state index contributed by atoms with van der Waals surface area (Å²) >= 11 is 9.23. The van der Waals surface area contributed by atoms with Gasteiger partial charge in [-0.2, -0.15) is 0 Å². The highest BCUT2D eigenvalue weighted by molar-refractivity contribution is 9.10. The molecule has 0 aliphatic carbocycles. The molecule has 1 saturated heterocycles. The Hall–Kier alpha value is -1.07. The number of hydrogen-bond acceptors (Lipinski definition) is 2. The molecule has 0 aromatic heterocycles. The predicted octanol–water partition coefficient (Wildman–Crippen LogP) is 2.84. The number of benzene rings is 1. The van der Waals surface area contributed by atoms with Gasteiger partial charge in [-0.1, -0.05) is 11.6 Å². The van der Waals surface area contributed by atoms with Crippen molar-refractivity contribution >= 4 is 39.3 Å². The van der Waals surface area contributed by atoms with Crippen molar-refractivity contribution in [2.75, 3.05) is 13.1 Å². The molecule has 4 nitrogen and oxygen atoms in total. The standard InChI is InChI=1S/C14H16BrClN2O2/c1-9(14(20)18-6-2-3-7-18)17-13(19)10-4-5-11(15)12(16)8-10/h4-5,8-9H,2-3,6-7H2,1H3,(H,17,19). The number of halogens is 2. The maximum Gasteiger partial charge on any atom is 0.251 e. The number of carbonyl (C=O) groups is 2. The summed E-state index contributed by atoms with van der Waals surface area (Å²) in [7, 11) is 0. The van der Waals surface area contributed by atoms with Gasteiger partial charge < -0.3 is 10.2 Å². The van der Waals surface area contributed by atoms with Crippen LogP contribution in [0.5, 0.6) is 0 Å². The van der Waals surface area contributed by atoms with Gasteiger partial charge >= 0.3 is 0 Å². The minimum absolute atomic E-state index is 0.0286. The monoisotopic (exact) mass is 358 g/mol. The van der Waals surface area contributed by atoms with Crippen LogP contribution >= 0.6 is 27.5 Å². The van der Waals surface area contributed by atoms with Crippen molar-refractivity contribution in [3.63, 3.8) is 0 Å². The first-order chi connectivity index (χ1) is 9.49. The van der Waals surface area contributed by atoms with E-state index in [4.69, 9.17) is 11.6 Å². The van der Waals surface area contributed by atoms with Gasteiger partial charge in [0.15, 0.2) is 0 Å². The fourth-order valence-corrected chi connectivity index (χ4v) is 2.62. The van der Waals surface area contributed by atoms with Gasteiger partial charge in [-0.25, -0.2) is 0 Å². The molecule has 1 aromatic carbocycles. The average molecular weight is 360 g/mol. The van der Waals surface area contributed by atoms with Crippen molar-refractivity contribution in [3.8, 4) is 0 Å². The quantitative estimate of drug-likeness (QED) is 0.902. The third-order valence-corrected chi connectivity index (χ3v) is 4.55. The predicted molar refractivity (Wildman–Crippen MR) is 81.9 cm³/mol. The van der Waals surface area contributed by atoms with Crippen molar-refractivity contribution in [1.29, 1.82) is 0 Å². The summed E-state index contributed by atoms with van der Waals surface area (Å²) in [6.07, 6.45) is 2.07. The van der Waals surface area contributed by atoms with Gasteiger partial charge in [-0.05, 0) is 53.9 Å². The molecular formula is C14H16BrClN2O2. The molecule has 0 saturated carbocycles. The molecule has 108 valence electrons. The first-order valence-corrected chi connectivity index (χ1v) is 7.71. The zero-order valence-electron chi connectivity index (χ0n) is 11.2. The molecule has 1 N–H and O–H groups in total. The van der Waals surface area contributed by atoms with Crippen molar-refractivity contribution < 1.29 is 9.59 Å². The van der Waals surface area contributed by atoms with Gasteiger partial charge in [-0.3, -0.25) is 9.59 Å². The maximum atomic E-state index is 12.1. The molecule has 2 amide bonds. The Morgan fingerprint density at radius 3 is 2.60 bits per heavy atom. The molecule has 0 radical (unpaired) electrons.